The van der Waals surface area contributed by atoms with Crippen molar-refractivity contribution >= 4 is 5.70 Å². The van der Waals surface area contributed by atoms with E-state index in [2.05, 4.69) is 35.5 Å². The van der Waals surface area contributed by atoms with Crippen LogP contribution < -0.4 is 15.4 Å². The van der Waals surface area contributed by atoms with Gasteiger partial charge in [-0.1, -0.05) is 12.1 Å². The van der Waals surface area contributed by atoms with E-state index in [0.717, 1.165) is 23.5 Å². The van der Waals surface area contributed by atoms with E-state index in [0.29, 0.717) is 24.5 Å². The van der Waals surface area contributed by atoms with Crippen molar-refractivity contribution in [1.29, 1.82) is 0 Å². The summed E-state index contributed by atoms with van der Waals surface area (Å²) < 4.78 is 17.6. The Balaban J connectivity index is 1.84. The van der Waals surface area contributed by atoms with Crippen molar-refractivity contribution in [2.45, 2.75) is 45.8 Å². The normalized spacial score (nSPS) is 19.3. The summed E-state index contributed by atoms with van der Waals surface area (Å²) in [5, 5.41) is 17.0. The Morgan fingerprint density at radius 1 is 1.33 bits per heavy atom. The van der Waals surface area contributed by atoms with Gasteiger partial charge in [-0.2, -0.15) is 0 Å². The van der Waals surface area contributed by atoms with E-state index in [9.17, 15) is 5.11 Å². The second kappa shape index (κ2) is 10.4. The number of phenols is 1. The SMILES string of the molecule is CNC/C=C(\NC(C)C)c1ncccc1COc1cccc(O)c1C1OCC(C)O1. The highest BCUT2D eigenvalue weighted by atomic mass is 16.7. The Hall–Kier alpha value is -2.61. The Bertz CT molecular complexity index is 869. The summed E-state index contributed by atoms with van der Waals surface area (Å²) >= 11 is 0. The number of phenolic OH excluding ortho intramolecular Hbond substituents is 1. The standard InChI is InChI=1S/C23H31N3O4/c1-15(2)26-18(10-12-24-4)22-17(7-6-11-25-22)14-28-20-9-5-8-19(27)21(20)23-29-13-16(3)30-23/h5-11,15-16,23-24,26-27H,12-14H2,1-4H3/b18-10-. The van der Waals surface area contributed by atoms with E-state index in [1.54, 1.807) is 18.3 Å². The molecule has 0 radical (unpaired) electrons. The molecule has 1 aromatic carbocycles. The average Bonchev–Trinajstić information content (AvgIpc) is 3.15. The number of hydrogen-bond donors (Lipinski definition) is 3. The number of nitrogens with zero attached hydrogens (tertiary/aromatic N) is 1. The van der Waals surface area contributed by atoms with E-state index in [4.69, 9.17) is 14.2 Å². The van der Waals surface area contributed by atoms with Crippen LogP contribution in [0.5, 0.6) is 11.5 Å². The zero-order valence-electron chi connectivity index (χ0n) is 18.0. The molecular weight excluding hydrogens is 382 g/mol. The van der Waals surface area contributed by atoms with Gasteiger partial charge in [-0.25, -0.2) is 0 Å². The van der Waals surface area contributed by atoms with Crippen LogP contribution in [0.3, 0.4) is 0 Å². The smallest absolute Gasteiger partial charge is 0.191 e. The number of likely N-dealkylation sites (N-methyl/N-ethyl adjacent to an activating group) is 1. The number of aromatic hydroxyl groups is 1. The van der Waals surface area contributed by atoms with E-state index in [1.165, 1.54) is 0 Å². The highest BCUT2D eigenvalue weighted by Crippen LogP contribution is 2.39. The van der Waals surface area contributed by atoms with Gasteiger partial charge in [-0.05, 0) is 52.1 Å². The van der Waals surface area contributed by atoms with Gasteiger partial charge in [0.1, 0.15) is 18.1 Å². The molecule has 1 aliphatic rings. The molecule has 0 saturated carbocycles. The van der Waals surface area contributed by atoms with Gasteiger partial charge in [0, 0.05) is 24.3 Å². The van der Waals surface area contributed by atoms with Crippen LogP contribution in [0, 0.1) is 0 Å². The highest BCUT2D eigenvalue weighted by molar-refractivity contribution is 5.64. The molecule has 1 fully saturated rings. The van der Waals surface area contributed by atoms with Crippen molar-refractivity contribution in [3.05, 3.63) is 59.4 Å². The fourth-order valence-corrected chi connectivity index (χ4v) is 3.25. The number of rotatable bonds is 9. The first-order valence-corrected chi connectivity index (χ1v) is 10.3. The average molecular weight is 414 g/mol. The molecule has 3 N–H and O–H groups in total. The molecule has 3 rings (SSSR count). The monoisotopic (exact) mass is 413 g/mol. The van der Waals surface area contributed by atoms with Gasteiger partial charge in [0.2, 0.25) is 0 Å². The maximum atomic E-state index is 10.4. The summed E-state index contributed by atoms with van der Waals surface area (Å²) in [6.07, 6.45) is 3.18. The lowest BCUT2D eigenvalue weighted by Crippen LogP contribution is -2.23. The van der Waals surface area contributed by atoms with Gasteiger partial charge in [0.15, 0.2) is 6.29 Å². The van der Waals surface area contributed by atoms with Crippen molar-refractivity contribution in [2.24, 2.45) is 0 Å². The van der Waals surface area contributed by atoms with Gasteiger partial charge < -0.3 is 30.0 Å². The molecule has 7 nitrogen and oxygen atoms in total. The predicted molar refractivity (Wildman–Crippen MR) is 116 cm³/mol. The first-order chi connectivity index (χ1) is 14.5. The van der Waals surface area contributed by atoms with Crippen LogP contribution in [0.2, 0.25) is 0 Å². The summed E-state index contributed by atoms with van der Waals surface area (Å²) in [6, 6.07) is 9.31. The van der Waals surface area contributed by atoms with Crippen molar-refractivity contribution in [2.75, 3.05) is 20.2 Å². The Morgan fingerprint density at radius 3 is 2.87 bits per heavy atom. The molecule has 1 aliphatic heterocycles. The minimum Gasteiger partial charge on any atom is -0.507 e. The molecule has 162 valence electrons. The summed E-state index contributed by atoms with van der Waals surface area (Å²) in [5.74, 6) is 0.621. The number of hydrogen-bond acceptors (Lipinski definition) is 7. The second-order valence-electron chi connectivity index (χ2n) is 7.58. The minimum absolute atomic E-state index is 0.0330. The Kier molecular flexibility index (Phi) is 7.68. The summed E-state index contributed by atoms with van der Waals surface area (Å²) in [4.78, 5) is 4.59. The zero-order chi connectivity index (χ0) is 21.5. The zero-order valence-corrected chi connectivity index (χ0v) is 18.0. The molecule has 1 saturated heterocycles. The number of aromatic nitrogens is 1. The molecule has 2 atom stereocenters. The quantitative estimate of drug-likeness (QED) is 0.581. The lowest BCUT2D eigenvalue weighted by atomic mass is 10.1. The van der Waals surface area contributed by atoms with E-state index >= 15 is 0 Å². The van der Waals surface area contributed by atoms with Gasteiger partial charge in [0.25, 0.3) is 0 Å². The number of benzene rings is 1. The van der Waals surface area contributed by atoms with Crippen LogP contribution in [0.25, 0.3) is 5.70 Å². The molecule has 2 heterocycles. The van der Waals surface area contributed by atoms with Crippen molar-refractivity contribution in [3.8, 4) is 11.5 Å². The molecule has 1 aromatic heterocycles. The lowest BCUT2D eigenvalue weighted by molar-refractivity contribution is -0.0600. The third-order valence-electron chi connectivity index (χ3n) is 4.60. The summed E-state index contributed by atoms with van der Waals surface area (Å²) in [6.45, 7) is 7.60. The maximum absolute atomic E-state index is 10.4. The third kappa shape index (κ3) is 5.50. The molecule has 7 heteroatoms. The van der Waals surface area contributed by atoms with Crippen LogP contribution in [0.15, 0.2) is 42.6 Å². The van der Waals surface area contributed by atoms with Gasteiger partial charge in [-0.3, -0.25) is 4.98 Å². The second-order valence-corrected chi connectivity index (χ2v) is 7.58. The molecular formula is C23H31N3O4. The van der Waals surface area contributed by atoms with E-state index < -0.39 is 6.29 Å². The Morgan fingerprint density at radius 2 is 2.17 bits per heavy atom. The van der Waals surface area contributed by atoms with Gasteiger partial charge in [-0.15, -0.1) is 0 Å². The fraction of sp³-hybridized carbons (Fsp3) is 0.435. The highest BCUT2D eigenvalue weighted by Gasteiger charge is 2.29. The van der Waals surface area contributed by atoms with Crippen LogP contribution in [-0.4, -0.2) is 42.4 Å². The molecule has 0 spiro atoms. The maximum Gasteiger partial charge on any atom is 0.191 e. The summed E-state index contributed by atoms with van der Waals surface area (Å²) in [5.41, 5.74) is 3.23. The van der Waals surface area contributed by atoms with E-state index in [-0.39, 0.29) is 17.9 Å². The number of ether oxygens (including phenoxy) is 3. The molecule has 0 bridgehead atoms. The topological polar surface area (TPSA) is 84.9 Å². The number of nitrogens with one attached hydrogen (secondary N) is 2. The number of pyridine rings is 1. The molecule has 2 unspecified atom stereocenters. The Labute approximate surface area is 178 Å². The van der Waals surface area contributed by atoms with Crippen molar-refractivity contribution < 1.29 is 19.3 Å². The molecule has 0 amide bonds. The van der Waals surface area contributed by atoms with Gasteiger partial charge in [0.05, 0.1) is 29.7 Å². The van der Waals surface area contributed by atoms with E-state index in [1.807, 2.05) is 32.2 Å². The summed E-state index contributed by atoms with van der Waals surface area (Å²) in [7, 11) is 1.91. The van der Waals surface area contributed by atoms with Crippen molar-refractivity contribution in [1.82, 2.24) is 15.6 Å². The first kappa shape index (κ1) is 22.1. The fourth-order valence-electron chi connectivity index (χ4n) is 3.25. The van der Waals surface area contributed by atoms with Crippen LogP contribution in [0.1, 0.15) is 43.9 Å². The predicted octanol–water partition coefficient (Wildman–Crippen LogP) is 3.36. The lowest BCUT2D eigenvalue weighted by Gasteiger charge is -2.19. The molecule has 0 aliphatic carbocycles. The van der Waals surface area contributed by atoms with Crippen molar-refractivity contribution in [3.63, 3.8) is 0 Å². The third-order valence-corrected chi connectivity index (χ3v) is 4.60. The van der Waals surface area contributed by atoms with Crippen LogP contribution >= 0.6 is 0 Å². The first-order valence-electron chi connectivity index (χ1n) is 10.3. The van der Waals surface area contributed by atoms with Crippen LogP contribution in [-0.2, 0) is 16.1 Å². The minimum atomic E-state index is -0.640. The van der Waals surface area contributed by atoms with Crippen LogP contribution in [0.4, 0.5) is 0 Å². The molecule has 30 heavy (non-hydrogen) atoms. The molecule has 2 aromatic rings. The van der Waals surface area contributed by atoms with Gasteiger partial charge >= 0.3 is 0 Å². The largest absolute Gasteiger partial charge is 0.507 e.